The van der Waals surface area contributed by atoms with Crippen LogP contribution >= 0.6 is 0 Å². The number of hydrazine groups is 1. The van der Waals surface area contributed by atoms with Crippen LogP contribution in [0.5, 0.6) is 0 Å². The lowest BCUT2D eigenvalue weighted by Gasteiger charge is -2.10. The van der Waals surface area contributed by atoms with Crippen LogP contribution in [0.3, 0.4) is 0 Å². The molecule has 9 nitrogen and oxygen atoms in total. The van der Waals surface area contributed by atoms with E-state index in [2.05, 4.69) is 10.1 Å². The highest BCUT2D eigenvalue weighted by atomic mass is 32.2. The van der Waals surface area contributed by atoms with Gasteiger partial charge >= 0.3 is 0 Å². The van der Waals surface area contributed by atoms with Crippen LogP contribution in [-0.2, 0) is 14.8 Å². The second-order valence-electron chi connectivity index (χ2n) is 3.83. The summed E-state index contributed by atoms with van der Waals surface area (Å²) < 4.78 is 31.3. The first-order valence-corrected chi connectivity index (χ1v) is 7.14. The summed E-state index contributed by atoms with van der Waals surface area (Å²) in [6.45, 7) is 0.558. The van der Waals surface area contributed by atoms with Crippen molar-refractivity contribution in [1.82, 2.24) is 4.72 Å². The first-order chi connectivity index (χ1) is 9.42. The smallest absolute Gasteiger partial charge is 0.270 e. The van der Waals surface area contributed by atoms with Gasteiger partial charge in [0, 0.05) is 32.4 Å². The largest absolute Gasteiger partial charge is 0.385 e. The average Bonchev–Trinajstić information content (AvgIpc) is 2.42. The van der Waals surface area contributed by atoms with E-state index in [1.165, 1.54) is 19.2 Å². The van der Waals surface area contributed by atoms with E-state index in [-0.39, 0.29) is 22.8 Å². The molecular formula is C10H16N4O5S. The van der Waals surface area contributed by atoms with Crippen LogP contribution in [0.15, 0.2) is 23.1 Å². The van der Waals surface area contributed by atoms with E-state index in [0.29, 0.717) is 13.0 Å². The molecule has 10 heteroatoms. The van der Waals surface area contributed by atoms with Crippen molar-refractivity contribution in [3.63, 3.8) is 0 Å². The van der Waals surface area contributed by atoms with Crippen LogP contribution in [0.2, 0.25) is 0 Å². The molecule has 0 unspecified atom stereocenters. The van der Waals surface area contributed by atoms with E-state index in [0.717, 1.165) is 6.07 Å². The molecule has 0 heterocycles. The molecule has 112 valence electrons. The third kappa shape index (κ3) is 4.13. The Kier molecular flexibility index (Phi) is 5.82. The van der Waals surface area contributed by atoms with Crippen LogP contribution in [0.25, 0.3) is 0 Å². The lowest BCUT2D eigenvalue weighted by molar-refractivity contribution is -0.385. The fourth-order valence-electron chi connectivity index (χ4n) is 1.47. The molecule has 1 aromatic rings. The van der Waals surface area contributed by atoms with Crippen LogP contribution < -0.4 is 16.0 Å². The van der Waals surface area contributed by atoms with E-state index in [1.54, 1.807) is 0 Å². The summed E-state index contributed by atoms with van der Waals surface area (Å²) in [6, 6.07) is 3.36. The van der Waals surface area contributed by atoms with E-state index in [9.17, 15) is 18.5 Å². The summed E-state index contributed by atoms with van der Waals surface area (Å²) in [5, 5.41) is 10.7. The number of hydrogen-bond donors (Lipinski definition) is 3. The predicted octanol–water partition coefficient (Wildman–Crippen LogP) is 0.195. The van der Waals surface area contributed by atoms with E-state index in [4.69, 9.17) is 10.6 Å². The van der Waals surface area contributed by atoms with Gasteiger partial charge in [0.15, 0.2) is 0 Å². The highest BCUT2D eigenvalue weighted by Crippen LogP contribution is 2.25. The summed E-state index contributed by atoms with van der Waals surface area (Å²) in [6.07, 6.45) is 0.482. The van der Waals surface area contributed by atoms with Crippen molar-refractivity contribution in [2.45, 2.75) is 11.3 Å². The number of nitro benzene ring substituents is 1. The summed E-state index contributed by atoms with van der Waals surface area (Å²) in [5.74, 6) is 5.22. The average molecular weight is 304 g/mol. The number of nitrogens with one attached hydrogen (secondary N) is 2. The Labute approximate surface area is 116 Å². The number of methoxy groups -OCH3 is 1. The minimum atomic E-state index is -3.89. The fourth-order valence-corrected chi connectivity index (χ4v) is 2.73. The van der Waals surface area contributed by atoms with Gasteiger partial charge in [-0.15, -0.1) is 0 Å². The molecule has 0 aliphatic carbocycles. The first kappa shape index (κ1) is 16.3. The van der Waals surface area contributed by atoms with E-state index in [1.807, 2.05) is 0 Å². The molecule has 0 amide bonds. The number of non-ortho nitro benzene ring substituents is 1. The van der Waals surface area contributed by atoms with Crippen molar-refractivity contribution < 1.29 is 18.1 Å². The van der Waals surface area contributed by atoms with Gasteiger partial charge in [-0.05, 0) is 12.5 Å². The molecule has 0 fully saturated rings. The van der Waals surface area contributed by atoms with Gasteiger partial charge in [0.25, 0.3) is 5.69 Å². The zero-order valence-corrected chi connectivity index (χ0v) is 11.6. The number of sulfonamides is 1. The highest BCUT2D eigenvalue weighted by Gasteiger charge is 2.21. The molecule has 0 spiro atoms. The van der Waals surface area contributed by atoms with Gasteiger partial charge in [-0.1, -0.05) is 0 Å². The molecule has 0 aromatic heterocycles. The van der Waals surface area contributed by atoms with Crippen LogP contribution in [0.4, 0.5) is 11.4 Å². The Morgan fingerprint density at radius 3 is 2.70 bits per heavy atom. The SMILES string of the molecule is COCCCNS(=O)(=O)c1cc([N+](=O)[O-])ccc1NN. The van der Waals surface area contributed by atoms with Crippen molar-refractivity contribution in [3.05, 3.63) is 28.3 Å². The van der Waals surface area contributed by atoms with Gasteiger partial charge in [0.1, 0.15) is 4.90 Å². The molecule has 1 aromatic carbocycles. The maximum atomic E-state index is 12.1. The third-order valence-corrected chi connectivity index (χ3v) is 3.94. The monoisotopic (exact) mass is 304 g/mol. The maximum Gasteiger partial charge on any atom is 0.270 e. The Morgan fingerprint density at radius 1 is 1.45 bits per heavy atom. The molecule has 4 N–H and O–H groups in total. The third-order valence-electron chi connectivity index (χ3n) is 2.44. The number of nitrogens with zero attached hydrogens (tertiary/aromatic N) is 1. The Morgan fingerprint density at radius 2 is 2.15 bits per heavy atom. The van der Waals surface area contributed by atoms with Gasteiger partial charge < -0.3 is 10.2 Å². The van der Waals surface area contributed by atoms with Crippen LogP contribution in [-0.4, -0.2) is 33.6 Å². The Bertz CT molecular complexity index is 575. The number of rotatable bonds is 8. The molecule has 0 saturated heterocycles. The van der Waals surface area contributed by atoms with Crippen molar-refractivity contribution in [2.24, 2.45) is 5.84 Å². The minimum Gasteiger partial charge on any atom is -0.385 e. The lowest BCUT2D eigenvalue weighted by atomic mass is 10.3. The van der Waals surface area contributed by atoms with Crippen molar-refractivity contribution in [3.8, 4) is 0 Å². The number of nitrogens with two attached hydrogens (primary N) is 1. The summed E-state index contributed by atoms with van der Waals surface area (Å²) in [7, 11) is -2.39. The van der Waals surface area contributed by atoms with Gasteiger partial charge in [-0.25, -0.2) is 13.1 Å². The normalized spacial score (nSPS) is 11.3. The number of hydrogen-bond acceptors (Lipinski definition) is 7. The fraction of sp³-hybridized carbons (Fsp3) is 0.400. The maximum absolute atomic E-state index is 12.1. The molecule has 20 heavy (non-hydrogen) atoms. The van der Waals surface area contributed by atoms with Crippen LogP contribution in [0.1, 0.15) is 6.42 Å². The molecule has 0 bridgehead atoms. The molecule has 0 aliphatic rings. The van der Waals surface area contributed by atoms with Crippen molar-refractivity contribution in [2.75, 3.05) is 25.7 Å². The summed E-state index contributed by atoms with van der Waals surface area (Å²) in [5.41, 5.74) is 1.95. The van der Waals surface area contributed by atoms with Gasteiger partial charge in [0.2, 0.25) is 10.0 Å². The molecular weight excluding hydrogens is 288 g/mol. The van der Waals surface area contributed by atoms with E-state index < -0.39 is 14.9 Å². The summed E-state index contributed by atoms with van der Waals surface area (Å²) in [4.78, 5) is 9.75. The topological polar surface area (TPSA) is 137 Å². The summed E-state index contributed by atoms with van der Waals surface area (Å²) >= 11 is 0. The van der Waals surface area contributed by atoms with Gasteiger partial charge in [0.05, 0.1) is 10.6 Å². The number of ether oxygens (including phenoxy) is 1. The minimum absolute atomic E-state index is 0.0786. The van der Waals surface area contributed by atoms with E-state index >= 15 is 0 Å². The van der Waals surface area contributed by atoms with Gasteiger partial charge in [-0.3, -0.25) is 16.0 Å². The molecule has 0 saturated carbocycles. The standard InChI is InChI=1S/C10H16N4O5S/c1-19-6-2-5-12-20(17,18)10-7-8(14(15)16)3-4-9(10)13-11/h3-4,7,12-13H,2,5-6,11H2,1H3. The van der Waals surface area contributed by atoms with Gasteiger partial charge in [-0.2, -0.15) is 0 Å². The second-order valence-corrected chi connectivity index (χ2v) is 5.56. The number of nitro groups is 1. The first-order valence-electron chi connectivity index (χ1n) is 5.66. The molecule has 1 rings (SSSR count). The zero-order valence-electron chi connectivity index (χ0n) is 10.8. The molecule has 0 atom stereocenters. The quantitative estimate of drug-likeness (QED) is 0.270. The number of nitrogen functional groups attached to an aromatic ring is 1. The zero-order chi connectivity index (χ0) is 15.2. The Balaban J connectivity index is 3.02. The highest BCUT2D eigenvalue weighted by molar-refractivity contribution is 7.89. The molecule has 0 aliphatic heterocycles. The second kappa shape index (κ2) is 7.14. The van der Waals surface area contributed by atoms with Crippen molar-refractivity contribution in [1.29, 1.82) is 0 Å². The predicted molar refractivity (Wildman–Crippen MR) is 72.6 cm³/mol. The van der Waals surface area contributed by atoms with Crippen molar-refractivity contribution >= 4 is 21.4 Å². The molecule has 0 radical (unpaired) electrons. The van der Waals surface area contributed by atoms with Crippen LogP contribution in [0, 0.1) is 10.1 Å². The number of benzene rings is 1. The number of anilines is 1. The Hall–Kier alpha value is -1.75. The lowest BCUT2D eigenvalue weighted by Crippen LogP contribution is -2.27.